The Morgan fingerprint density at radius 3 is 2.25 bits per heavy atom. The van der Waals surface area contributed by atoms with Crippen LogP contribution >= 0.6 is 11.6 Å². The van der Waals surface area contributed by atoms with E-state index in [0.717, 1.165) is 6.07 Å². The third-order valence-corrected chi connectivity index (χ3v) is 2.53. The van der Waals surface area contributed by atoms with Crippen molar-refractivity contribution in [2.75, 3.05) is 0 Å². The Balaban J connectivity index is 2.73. The molecule has 0 aromatic heterocycles. The molecule has 0 spiro atoms. The maximum absolute atomic E-state index is 13.5. The summed E-state index contributed by atoms with van der Waals surface area (Å²) >= 11 is 5.81. The van der Waals surface area contributed by atoms with Gasteiger partial charge < -0.3 is 5.11 Å². The Labute approximate surface area is 95.9 Å². The Hall–Kier alpha value is -1.61. The SMILES string of the molecule is Oc1c(F)cccc1-c1c(F)cccc1Cl. The van der Waals surface area contributed by atoms with E-state index in [1.165, 1.54) is 30.3 Å². The van der Waals surface area contributed by atoms with Crippen LogP contribution in [0, 0.1) is 11.6 Å². The van der Waals surface area contributed by atoms with Gasteiger partial charge in [0.2, 0.25) is 0 Å². The van der Waals surface area contributed by atoms with Crippen LogP contribution < -0.4 is 0 Å². The van der Waals surface area contributed by atoms with Crippen molar-refractivity contribution in [2.24, 2.45) is 0 Å². The summed E-state index contributed by atoms with van der Waals surface area (Å²) in [6.45, 7) is 0. The summed E-state index contributed by atoms with van der Waals surface area (Å²) in [6, 6.07) is 8.00. The van der Waals surface area contributed by atoms with E-state index in [1.54, 1.807) is 0 Å². The van der Waals surface area contributed by atoms with Crippen LogP contribution in [0.15, 0.2) is 36.4 Å². The molecule has 0 radical (unpaired) electrons. The van der Waals surface area contributed by atoms with Gasteiger partial charge in [0.15, 0.2) is 11.6 Å². The molecule has 0 saturated carbocycles. The summed E-state index contributed by atoms with van der Waals surface area (Å²) in [5.74, 6) is -2.01. The molecule has 0 aliphatic rings. The molecule has 0 bridgehead atoms. The zero-order valence-corrected chi connectivity index (χ0v) is 8.80. The standard InChI is InChI=1S/C12H7ClF2O/c13-8-4-2-5-9(14)11(8)7-3-1-6-10(15)12(7)16/h1-6,16H. The highest BCUT2D eigenvalue weighted by molar-refractivity contribution is 6.33. The van der Waals surface area contributed by atoms with Gasteiger partial charge in [-0.15, -0.1) is 0 Å². The summed E-state index contributed by atoms with van der Waals surface area (Å²) in [5, 5.41) is 9.63. The maximum atomic E-state index is 13.5. The first-order valence-electron chi connectivity index (χ1n) is 4.53. The first-order chi connectivity index (χ1) is 7.61. The molecule has 1 N–H and O–H groups in total. The number of halogens is 3. The van der Waals surface area contributed by atoms with Crippen molar-refractivity contribution in [1.82, 2.24) is 0 Å². The average Bonchev–Trinajstić information content (AvgIpc) is 2.24. The molecule has 0 unspecified atom stereocenters. The second-order valence-corrected chi connectivity index (χ2v) is 3.64. The van der Waals surface area contributed by atoms with Crippen LogP contribution in [-0.4, -0.2) is 5.11 Å². The predicted octanol–water partition coefficient (Wildman–Crippen LogP) is 3.99. The molecule has 2 aromatic carbocycles. The Morgan fingerprint density at radius 2 is 1.56 bits per heavy atom. The van der Waals surface area contributed by atoms with E-state index in [9.17, 15) is 13.9 Å². The number of hydrogen-bond donors (Lipinski definition) is 1. The molecule has 1 nitrogen and oxygen atoms in total. The molecule has 0 fully saturated rings. The van der Waals surface area contributed by atoms with E-state index in [0.29, 0.717) is 0 Å². The van der Waals surface area contributed by atoms with Gasteiger partial charge in [0, 0.05) is 11.1 Å². The van der Waals surface area contributed by atoms with Gasteiger partial charge in [-0.2, -0.15) is 0 Å². The molecule has 0 atom stereocenters. The largest absolute Gasteiger partial charge is 0.504 e. The highest BCUT2D eigenvalue weighted by atomic mass is 35.5. The molecular formula is C12H7ClF2O. The van der Waals surface area contributed by atoms with Crippen LogP contribution in [0.5, 0.6) is 5.75 Å². The number of hydrogen-bond acceptors (Lipinski definition) is 1. The second-order valence-electron chi connectivity index (χ2n) is 3.23. The summed E-state index contributed by atoms with van der Waals surface area (Å²) in [6.07, 6.45) is 0. The molecule has 16 heavy (non-hydrogen) atoms. The summed E-state index contributed by atoms with van der Waals surface area (Å²) in [4.78, 5) is 0. The maximum Gasteiger partial charge on any atom is 0.165 e. The molecule has 0 aliphatic heterocycles. The first kappa shape index (κ1) is 10.9. The third kappa shape index (κ3) is 1.74. The molecule has 0 heterocycles. The van der Waals surface area contributed by atoms with Crippen LogP contribution in [0.2, 0.25) is 5.02 Å². The molecule has 0 amide bonds. The van der Waals surface area contributed by atoms with Gasteiger partial charge >= 0.3 is 0 Å². The molecule has 2 aromatic rings. The van der Waals surface area contributed by atoms with Crippen LogP contribution in [0.4, 0.5) is 8.78 Å². The lowest BCUT2D eigenvalue weighted by Crippen LogP contribution is -1.88. The summed E-state index contributed by atoms with van der Waals surface area (Å²) in [7, 11) is 0. The predicted molar refractivity (Wildman–Crippen MR) is 58.5 cm³/mol. The van der Waals surface area contributed by atoms with Gasteiger partial charge in [-0.05, 0) is 18.2 Å². The topological polar surface area (TPSA) is 20.2 Å². The fourth-order valence-corrected chi connectivity index (χ4v) is 1.74. The van der Waals surface area contributed by atoms with E-state index in [2.05, 4.69) is 0 Å². The molecular weight excluding hydrogens is 234 g/mol. The van der Waals surface area contributed by atoms with Gasteiger partial charge in [-0.3, -0.25) is 0 Å². The Morgan fingerprint density at radius 1 is 0.938 bits per heavy atom. The van der Waals surface area contributed by atoms with Gasteiger partial charge in [0.05, 0.1) is 5.02 Å². The summed E-state index contributed by atoms with van der Waals surface area (Å²) in [5.41, 5.74) is 0.0456. The normalized spacial score (nSPS) is 10.4. The highest BCUT2D eigenvalue weighted by Gasteiger charge is 2.15. The molecule has 82 valence electrons. The van der Waals surface area contributed by atoms with Gasteiger partial charge in [-0.25, -0.2) is 8.78 Å². The lowest BCUT2D eigenvalue weighted by atomic mass is 10.0. The Kier molecular flexibility index (Phi) is 2.79. The van der Waals surface area contributed by atoms with Crippen LogP contribution in [0.3, 0.4) is 0 Å². The summed E-state index contributed by atoms with van der Waals surface area (Å²) < 4.78 is 26.6. The lowest BCUT2D eigenvalue weighted by molar-refractivity contribution is 0.434. The zero-order valence-electron chi connectivity index (χ0n) is 8.05. The lowest BCUT2D eigenvalue weighted by Gasteiger charge is -2.08. The number of phenols is 1. The van der Waals surface area contributed by atoms with Crippen molar-refractivity contribution in [3.63, 3.8) is 0 Å². The Bertz CT molecular complexity index is 520. The number of rotatable bonds is 1. The fraction of sp³-hybridized carbons (Fsp3) is 0. The van der Waals surface area contributed by atoms with E-state index >= 15 is 0 Å². The monoisotopic (exact) mass is 240 g/mol. The van der Waals surface area contributed by atoms with Crippen molar-refractivity contribution in [3.8, 4) is 16.9 Å². The van der Waals surface area contributed by atoms with Gasteiger partial charge in [0.25, 0.3) is 0 Å². The molecule has 2 rings (SSSR count). The first-order valence-corrected chi connectivity index (χ1v) is 4.91. The van der Waals surface area contributed by atoms with Crippen molar-refractivity contribution in [3.05, 3.63) is 53.1 Å². The smallest absolute Gasteiger partial charge is 0.165 e. The second kappa shape index (κ2) is 4.10. The van der Waals surface area contributed by atoms with E-state index in [-0.39, 0.29) is 16.1 Å². The number of para-hydroxylation sites is 1. The van der Waals surface area contributed by atoms with E-state index in [4.69, 9.17) is 11.6 Å². The average molecular weight is 241 g/mol. The van der Waals surface area contributed by atoms with Crippen LogP contribution in [-0.2, 0) is 0 Å². The van der Waals surface area contributed by atoms with Crippen molar-refractivity contribution in [1.29, 1.82) is 0 Å². The minimum Gasteiger partial charge on any atom is -0.504 e. The molecule has 4 heteroatoms. The number of aromatic hydroxyl groups is 1. The molecule has 0 aliphatic carbocycles. The van der Waals surface area contributed by atoms with Crippen LogP contribution in [0.25, 0.3) is 11.1 Å². The number of phenolic OH excluding ortho intramolecular Hbond substituents is 1. The van der Waals surface area contributed by atoms with Crippen LogP contribution in [0.1, 0.15) is 0 Å². The van der Waals surface area contributed by atoms with E-state index in [1.807, 2.05) is 0 Å². The van der Waals surface area contributed by atoms with Crippen molar-refractivity contribution < 1.29 is 13.9 Å². The third-order valence-electron chi connectivity index (χ3n) is 2.22. The van der Waals surface area contributed by atoms with E-state index < -0.39 is 17.4 Å². The van der Waals surface area contributed by atoms with Crippen molar-refractivity contribution >= 4 is 11.6 Å². The minimum atomic E-state index is -0.809. The minimum absolute atomic E-state index is 0.00108. The van der Waals surface area contributed by atoms with Gasteiger partial charge in [0.1, 0.15) is 5.82 Å². The van der Waals surface area contributed by atoms with Crippen molar-refractivity contribution in [2.45, 2.75) is 0 Å². The van der Waals surface area contributed by atoms with Gasteiger partial charge in [-0.1, -0.05) is 29.8 Å². The zero-order chi connectivity index (χ0) is 11.7. The number of benzene rings is 2. The quantitative estimate of drug-likeness (QED) is 0.799. The fourth-order valence-electron chi connectivity index (χ4n) is 1.47. The highest BCUT2D eigenvalue weighted by Crippen LogP contribution is 2.37. The molecule has 0 saturated heterocycles.